The van der Waals surface area contributed by atoms with E-state index in [1.165, 1.54) is 19.3 Å². The maximum Gasteiger partial charge on any atom is 0.191 e. The Kier molecular flexibility index (Phi) is 9.75. The smallest absolute Gasteiger partial charge is 0.191 e. The van der Waals surface area contributed by atoms with E-state index in [0.29, 0.717) is 6.04 Å². The van der Waals surface area contributed by atoms with Gasteiger partial charge in [0.1, 0.15) is 11.5 Å². The molecule has 0 amide bonds. The van der Waals surface area contributed by atoms with Crippen molar-refractivity contribution in [1.82, 2.24) is 15.5 Å². The molecule has 2 aliphatic rings. The number of ether oxygens (including phenoxy) is 1. The van der Waals surface area contributed by atoms with Crippen molar-refractivity contribution in [3.05, 3.63) is 23.7 Å². The summed E-state index contributed by atoms with van der Waals surface area (Å²) >= 11 is 1.98. The molecule has 154 valence electrons. The summed E-state index contributed by atoms with van der Waals surface area (Å²) in [5.74, 6) is 2.85. The van der Waals surface area contributed by atoms with Gasteiger partial charge in [0.15, 0.2) is 5.96 Å². The van der Waals surface area contributed by atoms with E-state index in [-0.39, 0.29) is 30.0 Å². The van der Waals surface area contributed by atoms with Crippen molar-refractivity contribution in [2.75, 3.05) is 46.2 Å². The van der Waals surface area contributed by atoms with Crippen molar-refractivity contribution in [2.45, 2.75) is 43.5 Å². The fourth-order valence-electron chi connectivity index (χ4n) is 3.80. The van der Waals surface area contributed by atoms with Crippen LogP contribution in [0.2, 0.25) is 0 Å². The number of aliphatic imine (C=N–C) groups is 1. The molecular weight excluding hydrogens is 475 g/mol. The van der Waals surface area contributed by atoms with Gasteiger partial charge < -0.3 is 19.8 Å². The number of hydrogen-bond acceptors (Lipinski definition) is 5. The van der Waals surface area contributed by atoms with E-state index in [4.69, 9.17) is 9.15 Å². The first-order valence-corrected chi connectivity index (χ1v) is 10.9. The number of thioether (sulfide) groups is 1. The largest absolute Gasteiger partial charge is 0.465 e. The number of morpholine rings is 1. The second-order valence-corrected chi connectivity index (χ2v) is 8.22. The predicted molar refractivity (Wildman–Crippen MR) is 123 cm³/mol. The van der Waals surface area contributed by atoms with Crippen molar-refractivity contribution < 1.29 is 9.15 Å². The van der Waals surface area contributed by atoms with Gasteiger partial charge in [-0.2, -0.15) is 11.8 Å². The third kappa shape index (κ3) is 6.54. The lowest BCUT2D eigenvalue weighted by atomic mass is 10.1. The highest BCUT2D eigenvalue weighted by Gasteiger charge is 2.27. The van der Waals surface area contributed by atoms with Gasteiger partial charge in [0.05, 0.1) is 19.3 Å². The van der Waals surface area contributed by atoms with Gasteiger partial charge in [-0.15, -0.1) is 24.0 Å². The first-order valence-electron chi connectivity index (χ1n) is 9.57. The second kappa shape index (κ2) is 11.5. The van der Waals surface area contributed by atoms with Crippen molar-refractivity contribution in [2.24, 2.45) is 4.99 Å². The van der Waals surface area contributed by atoms with Crippen molar-refractivity contribution in [1.29, 1.82) is 0 Å². The number of hydrogen-bond donors (Lipinski definition) is 2. The first-order chi connectivity index (χ1) is 12.7. The normalized spacial score (nSPS) is 25.1. The fourth-order valence-corrected chi connectivity index (χ4v) is 4.59. The van der Waals surface area contributed by atoms with Crippen LogP contribution in [0.5, 0.6) is 0 Å². The van der Waals surface area contributed by atoms with Crippen LogP contribution in [-0.2, 0) is 4.74 Å². The number of guanidine groups is 1. The lowest BCUT2D eigenvalue weighted by Gasteiger charge is -2.33. The first kappa shape index (κ1) is 22.8. The zero-order valence-electron chi connectivity index (χ0n) is 16.6. The van der Waals surface area contributed by atoms with Gasteiger partial charge in [-0.25, -0.2) is 0 Å². The topological polar surface area (TPSA) is 62.0 Å². The van der Waals surface area contributed by atoms with Crippen LogP contribution in [0.4, 0.5) is 0 Å². The van der Waals surface area contributed by atoms with Crippen LogP contribution in [-0.4, -0.2) is 68.3 Å². The van der Waals surface area contributed by atoms with Gasteiger partial charge in [0, 0.05) is 38.0 Å². The average molecular weight is 508 g/mol. The van der Waals surface area contributed by atoms with Crippen molar-refractivity contribution in [3.8, 4) is 0 Å². The molecule has 8 heteroatoms. The highest BCUT2D eigenvalue weighted by atomic mass is 127. The lowest BCUT2D eigenvalue weighted by Crippen LogP contribution is -2.48. The molecular formula is C19H33IN4O2S. The molecule has 6 nitrogen and oxygen atoms in total. The number of nitrogens with one attached hydrogen (secondary N) is 2. The molecule has 1 saturated heterocycles. The molecule has 0 aromatic carbocycles. The van der Waals surface area contributed by atoms with Gasteiger partial charge in [0.25, 0.3) is 0 Å². The molecule has 3 rings (SSSR count). The summed E-state index contributed by atoms with van der Waals surface area (Å²) in [6.07, 6.45) is 5.93. The van der Waals surface area contributed by atoms with Crippen LogP contribution in [0, 0.1) is 6.92 Å². The molecule has 27 heavy (non-hydrogen) atoms. The van der Waals surface area contributed by atoms with Gasteiger partial charge in [-0.3, -0.25) is 9.89 Å². The van der Waals surface area contributed by atoms with Crippen LogP contribution in [0.25, 0.3) is 0 Å². The highest BCUT2D eigenvalue weighted by molar-refractivity contribution is 14.0. The number of nitrogens with zero attached hydrogens (tertiary/aromatic N) is 2. The Labute approximate surface area is 184 Å². The number of aryl methyl sites for hydroxylation is 1. The van der Waals surface area contributed by atoms with Gasteiger partial charge in [-0.1, -0.05) is 0 Å². The summed E-state index contributed by atoms with van der Waals surface area (Å²) in [6.45, 7) is 6.18. The number of halogens is 1. The van der Waals surface area contributed by atoms with Crippen LogP contribution >= 0.6 is 35.7 Å². The molecule has 3 atom stereocenters. The van der Waals surface area contributed by atoms with E-state index in [9.17, 15) is 0 Å². The summed E-state index contributed by atoms with van der Waals surface area (Å²) < 4.78 is 11.5. The minimum atomic E-state index is 0. The Morgan fingerprint density at radius 2 is 2.11 bits per heavy atom. The summed E-state index contributed by atoms with van der Waals surface area (Å²) in [7, 11) is 1.84. The molecule has 0 bridgehead atoms. The maximum absolute atomic E-state index is 5.94. The predicted octanol–water partition coefficient (Wildman–Crippen LogP) is 3.03. The number of rotatable bonds is 6. The summed E-state index contributed by atoms with van der Waals surface area (Å²) in [6, 6.07) is 4.84. The van der Waals surface area contributed by atoms with Crippen LogP contribution in [0.1, 0.15) is 36.8 Å². The molecule has 1 aliphatic heterocycles. The average Bonchev–Trinajstić information content (AvgIpc) is 3.30. The van der Waals surface area contributed by atoms with Gasteiger partial charge >= 0.3 is 0 Å². The standard InChI is InChI=1S/C19H32N4O2S.HI/c1-14-4-7-18(25-14)17(23-8-10-24-11-9-23)13-21-19(20-2)22-15-5-6-16(12-15)26-3;/h4,7,15-17H,5-6,8-13H2,1-3H3,(H2,20,21,22);1H. The zero-order valence-corrected chi connectivity index (χ0v) is 19.7. The summed E-state index contributed by atoms with van der Waals surface area (Å²) in [4.78, 5) is 6.86. The van der Waals surface area contributed by atoms with E-state index in [1.54, 1.807) is 0 Å². The van der Waals surface area contributed by atoms with Crippen molar-refractivity contribution >= 4 is 41.7 Å². The second-order valence-electron chi connectivity index (χ2n) is 7.08. The number of furan rings is 1. The Bertz CT molecular complexity index is 592. The SMILES string of the molecule is CN=C(NCC(c1ccc(C)o1)N1CCOCC1)NC1CCC(SC)C1.I. The quantitative estimate of drug-likeness (QED) is 0.350. The third-order valence-corrected chi connectivity index (χ3v) is 6.42. The summed E-state index contributed by atoms with van der Waals surface area (Å²) in [5, 5.41) is 7.90. The monoisotopic (exact) mass is 508 g/mol. The molecule has 3 unspecified atom stereocenters. The van der Waals surface area contributed by atoms with Gasteiger partial charge in [0.2, 0.25) is 0 Å². The summed E-state index contributed by atoms with van der Waals surface area (Å²) in [5.41, 5.74) is 0. The molecule has 2 heterocycles. The molecule has 1 aromatic rings. The van der Waals surface area contributed by atoms with E-state index >= 15 is 0 Å². The molecule has 1 saturated carbocycles. The fraction of sp³-hybridized carbons (Fsp3) is 0.737. The molecule has 2 N–H and O–H groups in total. The molecule has 1 aromatic heterocycles. The molecule has 0 spiro atoms. The Morgan fingerprint density at radius 1 is 1.33 bits per heavy atom. The lowest BCUT2D eigenvalue weighted by molar-refractivity contribution is 0.0124. The molecule has 2 fully saturated rings. The molecule has 0 radical (unpaired) electrons. The van der Waals surface area contributed by atoms with E-state index in [0.717, 1.165) is 55.6 Å². The Morgan fingerprint density at radius 3 is 2.70 bits per heavy atom. The minimum Gasteiger partial charge on any atom is -0.465 e. The van der Waals surface area contributed by atoms with Crippen LogP contribution in [0.3, 0.4) is 0 Å². The van der Waals surface area contributed by atoms with Crippen LogP contribution in [0.15, 0.2) is 21.5 Å². The van der Waals surface area contributed by atoms with E-state index < -0.39 is 0 Å². The van der Waals surface area contributed by atoms with Gasteiger partial charge in [-0.05, 0) is 44.6 Å². The Hall–Kier alpha value is -0.450. The van der Waals surface area contributed by atoms with E-state index in [1.807, 2.05) is 31.8 Å². The maximum atomic E-state index is 5.94. The van der Waals surface area contributed by atoms with E-state index in [2.05, 4.69) is 32.8 Å². The highest BCUT2D eigenvalue weighted by Crippen LogP contribution is 2.28. The zero-order chi connectivity index (χ0) is 18.4. The van der Waals surface area contributed by atoms with Crippen molar-refractivity contribution in [3.63, 3.8) is 0 Å². The molecule has 1 aliphatic carbocycles. The van der Waals surface area contributed by atoms with Crippen LogP contribution < -0.4 is 10.6 Å². The third-order valence-electron chi connectivity index (χ3n) is 5.32. The Balaban J connectivity index is 0.00000261. The minimum absolute atomic E-state index is 0.